The van der Waals surface area contributed by atoms with Gasteiger partial charge in [0.05, 0.1) is 18.1 Å². The lowest BCUT2D eigenvalue weighted by molar-refractivity contribution is -0.115. The van der Waals surface area contributed by atoms with Gasteiger partial charge in [0.1, 0.15) is 5.75 Å². The van der Waals surface area contributed by atoms with E-state index in [4.69, 9.17) is 9.26 Å². The molecule has 112 valence electrons. The van der Waals surface area contributed by atoms with E-state index in [1.807, 2.05) is 31.2 Å². The largest absolute Gasteiger partial charge is 0.497 e. The Kier molecular flexibility index (Phi) is 5.27. The van der Waals surface area contributed by atoms with Crippen molar-refractivity contribution in [3.63, 3.8) is 0 Å². The van der Waals surface area contributed by atoms with Gasteiger partial charge >= 0.3 is 0 Å². The smallest absolute Gasteiger partial charge is 0.239 e. The summed E-state index contributed by atoms with van der Waals surface area (Å²) in [4.78, 5) is 12.0. The Morgan fingerprint density at radius 1 is 1.48 bits per heavy atom. The number of carbonyl (C=O) groups excluding carboxylic acids is 1. The lowest BCUT2D eigenvalue weighted by Gasteiger charge is -2.10. The molecule has 0 saturated carbocycles. The first-order valence-electron chi connectivity index (χ1n) is 6.57. The Bertz CT molecular complexity index is 612. The van der Waals surface area contributed by atoms with Crippen LogP contribution >= 0.6 is 11.8 Å². The summed E-state index contributed by atoms with van der Waals surface area (Å²) in [5.41, 5.74) is 1.86. The number of nitrogens with zero attached hydrogens (tertiary/aromatic N) is 1. The number of methoxy groups -OCH3 is 1. The zero-order chi connectivity index (χ0) is 15.2. The summed E-state index contributed by atoms with van der Waals surface area (Å²) >= 11 is 1.55. The average Bonchev–Trinajstić information content (AvgIpc) is 2.90. The molecule has 1 atom stereocenters. The molecular formula is C15H18N2O3S. The molecule has 0 aliphatic rings. The molecule has 1 aromatic carbocycles. The fraction of sp³-hybridized carbons (Fsp3) is 0.333. The number of hydrogen-bond acceptors (Lipinski definition) is 5. The maximum absolute atomic E-state index is 12.0. The summed E-state index contributed by atoms with van der Waals surface area (Å²) in [6.07, 6.45) is 0. The van der Waals surface area contributed by atoms with Gasteiger partial charge in [0.15, 0.2) is 0 Å². The van der Waals surface area contributed by atoms with Crippen LogP contribution in [0.15, 0.2) is 34.9 Å². The number of aromatic nitrogens is 1. The van der Waals surface area contributed by atoms with Crippen LogP contribution in [0.5, 0.6) is 5.75 Å². The molecule has 2 aromatic rings. The second kappa shape index (κ2) is 7.17. The van der Waals surface area contributed by atoms with Crippen molar-refractivity contribution < 1.29 is 14.1 Å². The molecule has 1 N–H and O–H groups in total. The van der Waals surface area contributed by atoms with E-state index in [0.717, 1.165) is 22.8 Å². The highest BCUT2D eigenvalue weighted by molar-refractivity contribution is 7.99. The standard InChI is InChI=1S/C15H18N2O3S/c1-10-7-14(20-17-10)16-15(18)11(2)21-9-12-5-4-6-13(8-12)19-3/h4-8,11H,9H2,1-3H3,(H,16,18). The van der Waals surface area contributed by atoms with Crippen LogP contribution in [-0.2, 0) is 10.5 Å². The van der Waals surface area contributed by atoms with Gasteiger partial charge in [-0.3, -0.25) is 10.1 Å². The number of hydrogen-bond donors (Lipinski definition) is 1. The Morgan fingerprint density at radius 3 is 2.95 bits per heavy atom. The quantitative estimate of drug-likeness (QED) is 0.887. The fourth-order valence-corrected chi connectivity index (χ4v) is 2.54. The number of anilines is 1. The zero-order valence-corrected chi connectivity index (χ0v) is 13.1. The highest BCUT2D eigenvalue weighted by Crippen LogP contribution is 2.22. The van der Waals surface area contributed by atoms with E-state index in [0.29, 0.717) is 5.88 Å². The number of carbonyl (C=O) groups is 1. The highest BCUT2D eigenvalue weighted by Gasteiger charge is 2.15. The predicted molar refractivity (Wildman–Crippen MR) is 83.6 cm³/mol. The van der Waals surface area contributed by atoms with Gasteiger partial charge in [0.2, 0.25) is 11.8 Å². The minimum absolute atomic E-state index is 0.0981. The Balaban J connectivity index is 1.85. The average molecular weight is 306 g/mol. The maximum atomic E-state index is 12.0. The van der Waals surface area contributed by atoms with Crippen molar-refractivity contribution >= 4 is 23.6 Å². The maximum Gasteiger partial charge on any atom is 0.239 e. The third kappa shape index (κ3) is 4.53. The molecule has 21 heavy (non-hydrogen) atoms. The van der Waals surface area contributed by atoms with Crippen LogP contribution < -0.4 is 10.1 Å². The van der Waals surface area contributed by atoms with Crippen LogP contribution in [0.4, 0.5) is 5.88 Å². The SMILES string of the molecule is COc1cccc(CSC(C)C(=O)Nc2cc(C)no2)c1. The number of thioether (sulfide) groups is 1. The van der Waals surface area contributed by atoms with Gasteiger partial charge in [-0.15, -0.1) is 11.8 Å². The zero-order valence-electron chi connectivity index (χ0n) is 12.3. The van der Waals surface area contributed by atoms with Gasteiger partial charge in [-0.25, -0.2) is 0 Å². The normalized spacial score (nSPS) is 12.0. The molecule has 1 amide bonds. The molecule has 6 heteroatoms. The monoisotopic (exact) mass is 306 g/mol. The Morgan fingerprint density at radius 2 is 2.29 bits per heavy atom. The van der Waals surface area contributed by atoms with Crippen LogP contribution in [0.3, 0.4) is 0 Å². The Hall–Kier alpha value is -1.95. The van der Waals surface area contributed by atoms with Gasteiger partial charge < -0.3 is 9.26 Å². The van der Waals surface area contributed by atoms with E-state index in [-0.39, 0.29) is 11.2 Å². The topological polar surface area (TPSA) is 64.4 Å². The summed E-state index contributed by atoms with van der Waals surface area (Å²) in [7, 11) is 1.64. The first kappa shape index (κ1) is 15.4. The lowest BCUT2D eigenvalue weighted by Crippen LogP contribution is -2.22. The van der Waals surface area contributed by atoms with Crippen LogP contribution in [0.1, 0.15) is 18.2 Å². The molecule has 1 unspecified atom stereocenters. The summed E-state index contributed by atoms with van der Waals surface area (Å²) in [6, 6.07) is 9.52. The van der Waals surface area contributed by atoms with E-state index in [9.17, 15) is 4.79 Å². The molecule has 1 heterocycles. The van der Waals surface area contributed by atoms with Crippen molar-refractivity contribution in [1.29, 1.82) is 0 Å². The first-order valence-corrected chi connectivity index (χ1v) is 7.62. The molecule has 5 nitrogen and oxygen atoms in total. The van der Waals surface area contributed by atoms with Gasteiger partial charge in [-0.1, -0.05) is 17.3 Å². The molecule has 2 rings (SSSR count). The second-order valence-corrected chi connectivity index (χ2v) is 5.96. The van der Waals surface area contributed by atoms with E-state index < -0.39 is 0 Å². The van der Waals surface area contributed by atoms with E-state index in [1.165, 1.54) is 0 Å². The van der Waals surface area contributed by atoms with Crippen LogP contribution in [0.25, 0.3) is 0 Å². The van der Waals surface area contributed by atoms with E-state index >= 15 is 0 Å². The number of aryl methyl sites for hydroxylation is 1. The third-order valence-electron chi connectivity index (χ3n) is 2.88. The summed E-state index contributed by atoms with van der Waals surface area (Å²) < 4.78 is 10.2. The van der Waals surface area contributed by atoms with Gasteiger partial charge in [0.25, 0.3) is 0 Å². The molecule has 0 saturated heterocycles. The van der Waals surface area contributed by atoms with Gasteiger partial charge in [-0.2, -0.15) is 0 Å². The van der Waals surface area contributed by atoms with Crippen molar-refractivity contribution in [3.05, 3.63) is 41.6 Å². The first-order chi connectivity index (χ1) is 10.1. The minimum atomic E-state index is -0.193. The van der Waals surface area contributed by atoms with Crippen LogP contribution in [-0.4, -0.2) is 23.4 Å². The molecular weight excluding hydrogens is 288 g/mol. The molecule has 0 bridgehead atoms. The summed E-state index contributed by atoms with van der Waals surface area (Å²) in [6.45, 7) is 3.67. The number of nitrogens with one attached hydrogen (secondary N) is 1. The summed E-state index contributed by atoms with van der Waals surface area (Å²) in [5.74, 6) is 1.84. The van der Waals surface area contributed by atoms with Crippen molar-refractivity contribution in [1.82, 2.24) is 5.16 Å². The van der Waals surface area contributed by atoms with E-state index in [2.05, 4.69) is 10.5 Å². The third-order valence-corrected chi connectivity index (χ3v) is 4.09. The molecule has 0 aliphatic carbocycles. The Labute approximate surface area is 128 Å². The second-order valence-electron chi connectivity index (χ2n) is 4.63. The minimum Gasteiger partial charge on any atom is -0.497 e. The van der Waals surface area contributed by atoms with Crippen LogP contribution in [0, 0.1) is 6.92 Å². The van der Waals surface area contributed by atoms with Crippen molar-refractivity contribution in [3.8, 4) is 5.75 Å². The predicted octanol–water partition coefficient (Wildman–Crippen LogP) is 3.25. The lowest BCUT2D eigenvalue weighted by atomic mass is 10.2. The molecule has 0 radical (unpaired) electrons. The molecule has 0 fully saturated rings. The molecule has 1 aromatic heterocycles. The van der Waals surface area contributed by atoms with Crippen molar-refractivity contribution in [2.45, 2.75) is 24.9 Å². The summed E-state index contributed by atoms with van der Waals surface area (Å²) in [5, 5.41) is 6.25. The number of benzene rings is 1. The highest BCUT2D eigenvalue weighted by atomic mass is 32.2. The van der Waals surface area contributed by atoms with Gasteiger partial charge in [-0.05, 0) is 31.5 Å². The van der Waals surface area contributed by atoms with Crippen LogP contribution in [0.2, 0.25) is 0 Å². The van der Waals surface area contributed by atoms with Crippen molar-refractivity contribution in [2.24, 2.45) is 0 Å². The number of rotatable bonds is 6. The van der Waals surface area contributed by atoms with Gasteiger partial charge in [0, 0.05) is 11.8 Å². The van der Waals surface area contributed by atoms with Crippen molar-refractivity contribution in [2.75, 3.05) is 12.4 Å². The fourth-order valence-electron chi connectivity index (χ4n) is 1.70. The molecule has 0 spiro atoms. The number of ether oxygens (including phenoxy) is 1. The van der Waals surface area contributed by atoms with E-state index in [1.54, 1.807) is 31.9 Å². The number of amides is 1. The molecule has 0 aliphatic heterocycles.